The molecule has 0 aliphatic heterocycles. The van der Waals surface area contributed by atoms with E-state index in [2.05, 4.69) is 151 Å². The second kappa shape index (κ2) is 9.71. The van der Waals surface area contributed by atoms with E-state index in [0.717, 1.165) is 33.9 Å². The van der Waals surface area contributed by atoms with Crippen LogP contribution in [-0.2, 0) is 10.8 Å². The van der Waals surface area contributed by atoms with Crippen LogP contribution in [-0.4, -0.2) is 9.97 Å². The predicted molar refractivity (Wildman–Crippen MR) is 171 cm³/mol. The zero-order valence-electron chi connectivity index (χ0n) is 24.3. The Hall–Kier alpha value is -4.30. The standard InChI is InChI=1S/C38H36N2/c1-37(2,3)27-21-33(31-19-11-15-25-13-7-9-17-29(25)31)39-35(23-27)36-24-28(38(4,5)6)22-34(40-36)32-20-12-16-26-14-8-10-18-30(26)32/h7-24H,1-6H3. The Balaban J connectivity index is 1.62. The van der Waals surface area contributed by atoms with Gasteiger partial charge in [0, 0.05) is 11.1 Å². The number of aromatic nitrogens is 2. The second-order valence-electron chi connectivity index (χ2n) is 12.8. The molecule has 0 saturated carbocycles. The summed E-state index contributed by atoms with van der Waals surface area (Å²) in [6.45, 7) is 13.6. The van der Waals surface area contributed by atoms with Crippen LogP contribution in [0, 0.1) is 0 Å². The number of hydrogen-bond acceptors (Lipinski definition) is 2. The molecule has 2 nitrogen and oxygen atoms in total. The van der Waals surface area contributed by atoms with Crippen molar-refractivity contribution in [3.05, 3.63) is 120 Å². The highest BCUT2D eigenvalue weighted by atomic mass is 14.8. The molecule has 2 heteroatoms. The van der Waals surface area contributed by atoms with Gasteiger partial charge in [-0.15, -0.1) is 0 Å². The Labute approximate surface area is 237 Å². The van der Waals surface area contributed by atoms with Gasteiger partial charge in [-0.25, -0.2) is 9.97 Å². The Kier molecular flexibility index (Phi) is 6.30. The Morgan fingerprint density at radius 3 is 1.15 bits per heavy atom. The molecule has 4 aromatic carbocycles. The average molecular weight is 521 g/mol. The van der Waals surface area contributed by atoms with E-state index in [-0.39, 0.29) is 10.8 Å². The van der Waals surface area contributed by atoms with Crippen molar-refractivity contribution in [3.63, 3.8) is 0 Å². The monoisotopic (exact) mass is 520 g/mol. The molecule has 0 unspecified atom stereocenters. The van der Waals surface area contributed by atoms with Gasteiger partial charge in [0.2, 0.25) is 0 Å². The normalized spacial score (nSPS) is 12.2. The SMILES string of the molecule is CC(C)(C)c1cc(-c2cc(C(C)(C)C)cc(-c3cccc4ccccc34)n2)nc(-c2cccc3ccccc23)c1. The van der Waals surface area contributed by atoms with E-state index < -0.39 is 0 Å². The van der Waals surface area contributed by atoms with E-state index in [1.54, 1.807) is 0 Å². The maximum atomic E-state index is 5.30. The van der Waals surface area contributed by atoms with E-state index in [1.807, 2.05) is 0 Å². The van der Waals surface area contributed by atoms with E-state index in [1.165, 1.54) is 32.7 Å². The van der Waals surface area contributed by atoms with Crippen LogP contribution in [0.4, 0.5) is 0 Å². The Bertz CT molecular complexity index is 1720. The average Bonchev–Trinajstić information content (AvgIpc) is 2.95. The van der Waals surface area contributed by atoms with Gasteiger partial charge in [0.15, 0.2) is 0 Å². The maximum Gasteiger partial charge on any atom is 0.0897 e. The van der Waals surface area contributed by atoms with E-state index in [4.69, 9.17) is 9.97 Å². The molecular weight excluding hydrogens is 484 g/mol. The Morgan fingerprint density at radius 1 is 0.400 bits per heavy atom. The van der Waals surface area contributed by atoms with Crippen molar-refractivity contribution in [2.75, 3.05) is 0 Å². The number of benzene rings is 4. The molecular formula is C38H36N2. The van der Waals surface area contributed by atoms with Crippen LogP contribution in [0.25, 0.3) is 55.4 Å². The molecule has 0 fully saturated rings. The first-order chi connectivity index (χ1) is 19.1. The number of fused-ring (bicyclic) bond motifs is 2. The summed E-state index contributed by atoms with van der Waals surface area (Å²) in [6, 6.07) is 39.0. The zero-order valence-corrected chi connectivity index (χ0v) is 24.3. The lowest BCUT2D eigenvalue weighted by Gasteiger charge is -2.23. The van der Waals surface area contributed by atoms with Crippen LogP contribution in [0.3, 0.4) is 0 Å². The minimum Gasteiger partial charge on any atom is -0.246 e. The highest BCUT2D eigenvalue weighted by Crippen LogP contribution is 2.37. The molecule has 2 heterocycles. The van der Waals surface area contributed by atoms with Gasteiger partial charge in [0.25, 0.3) is 0 Å². The molecule has 6 aromatic rings. The van der Waals surface area contributed by atoms with Crippen molar-refractivity contribution in [1.29, 1.82) is 0 Å². The van der Waals surface area contributed by atoms with Crippen LogP contribution in [0.5, 0.6) is 0 Å². The molecule has 6 rings (SSSR count). The fourth-order valence-corrected chi connectivity index (χ4v) is 5.36. The molecule has 0 atom stereocenters. The smallest absolute Gasteiger partial charge is 0.0897 e. The second-order valence-corrected chi connectivity index (χ2v) is 12.8. The fourth-order valence-electron chi connectivity index (χ4n) is 5.36. The molecule has 0 saturated heterocycles. The van der Waals surface area contributed by atoms with Crippen molar-refractivity contribution in [1.82, 2.24) is 9.97 Å². The van der Waals surface area contributed by atoms with Crippen LogP contribution in [0.1, 0.15) is 52.7 Å². The lowest BCUT2D eigenvalue weighted by atomic mass is 9.84. The fraction of sp³-hybridized carbons (Fsp3) is 0.211. The van der Waals surface area contributed by atoms with E-state index in [0.29, 0.717) is 0 Å². The van der Waals surface area contributed by atoms with Gasteiger partial charge in [0.05, 0.1) is 22.8 Å². The molecule has 0 radical (unpaired) electrons. The van der Waals surface area contributed by atoms with Crippen molar-refractivity contribution in [2.24, 2.45) is 0 Å². The van der Waals surface area contributed by atoms with Crippen molar-refractivity contribution in [3.8, 4) is 33.9 Å². The number of hydrogen-bond donors (Lipinski definition) is 0. The summed E-state index contributed by atoms with van der Waals surface area (Å²) in [6.07, 6.45) is 0. The Morgan fingerprint density at radius 2 is 0.750 bits per heavy atom. The zero-order chi connectivity index (χ0) is 28.1. The molecule has 0 bridgehead atoms. The van der Waals surface area contributed by atoms with Crippen molar-refractivity contribution >= 4 is 21.5 Å². The highest BCUT2D eigenvalue weighted by molar-refractivity contribution is 5.97. The number of rotatable bonds is 3. The molecule has 0 aliphatic rings. The summed E-state index contributed by atoms with van der Waals surface area (Å²) in [7, 11) is 0. The summed E-state index contributed by atoms with van der Waals surface area (Å²) in [5, 5.41) is 4.86. The van der Waals surface area contributed by atoms with Crippen LogP contribution >= 0.6 is 0 Å². The molecule has 0 spiro atoms. The number of nitrogens with zero attached hydrogens (tertiary/aromatic N) is 2. The molecule has 0 N–H and O–H groups in total. The van der Waals surface area contributed by atoms with Crippen LogP contribution < -0.4 is 0 Å². The molecule has 0 aliphatic carbocycles. The molecule has 2 aromatic heterocycles. The minimum atomic E-state index is -0.0445. The third kappa shape index (κ3) is 4.91. The third-order valence-corrected chi connectivity index (χ3v) is 7.78. The maximum absolute atomic E-state index is 5.30. The first-order valence-electron chi connectivity index (χ1n) is 14.1. The largest absolute Gasteiger partial charge is 0.246 e. The van der Waals surface area contributed by atoms with Gasteiger partial charge in [-0.2, -0.15) is 0 Å². The van der Waals surface area contributed by atoms with E-state index >= 15 is 0 Å². The summed E-state index contributed by atoms with van der Waals surface area (Å²) in [5.41, 5.74) is 8.46. The lowest BCUT2D eigenvalue weighted by Crippen LogP contribution is -2.13. The van der Waals surface area contributed by atoms with Gasteiger partial charge in [-0.05, 0) is 67.8 Å². The van der Waals surface area contributed by atoms with Gasteiger partial charge >= 0.3 is 0 Å². The van der Waals surface area contributed by atoms with Crippen molar-refractivity contribution in [2.45, 2.75) is 52.4 Å². The third-order valence-electron chi connectivity index (χ3n) is 7.78. The summed E-state index contributed by atoms with van der Waals surface area (Å²) < 4.78 is 0. The highest BCUT2D eigenvalue weighted by Gasteiger charge is 2.22. The summed E-state index contributed by atoms with van der Waals surface area (Å²) in [4.78, 5) is 10.6. The van der Waals surface area contributed by atoms with Gasteiger partial charge in [-0.3, -0.25) is 0 Å². The molecule has 198 valence electrons. The summed E-state index contributed by atoms with van der Waals surface area (Å²) >= 11 is 0. The summed E-state index contributed by atoms with van der Waals surface area (Å²) in [5.74, 6) is 0. The number of pyridine rings is 2. The van der Waals surface area contributed by atoms with Crippen molar-refractivity contribution < 1.29 is 0 Å². The quantitative estimate of drug-likeness (QED) is 0.232. The van der Waals surface area contributed by atoms with Crippen LogP contribution in [0.2, 0.25) is 0 Å². The topological polar surface area (TPSA) is 25.8 Å². The van der Waals surface area contributed by atoms with Crippen LogP contribution in [0.15, 0.2) is 109 Å². The predicted octanol–water partition coefficient (Wildman–Crippen LogP) is 10.4. The van der Waals surface area contributed by atoms with Gasteiger partial charge in [-0.1, -0.05) is 126 Å². The molecule has 40 heavy (non-hydrogen) atoms. The van der Waals surface area contributed by atoms with Gasteiger partial charge < -0.3 is 0 Å². The van der Waals surface area contributed by atoms with E-state index in [9.17, 15) is 0 Å². The first-order valence-corrected chi connectivity index (χ1v) is 14.1. The minimum absolute atomic E-state index is 0.0445. The van der Waals surface area contributed by atoms with Gasteiger partial charge in [0.1, 0.15) is 0 Å². The molecule has 0 amide bonds. The lowest BCUT2D eigenvalue weighted by molar-refractivity contribution is 0.588. The first kappa shape index (κ1) is 26.0.